The summed E-state index contributed by atoms with van der Waals surface area (Å²) in [5.41, 5.74) is -0.428. The number of halogens is 6. The molecule has 0 heterocycles. The molecule has 0 saturated carbocycles. The van der Waals surface area contributed by atoms with E-state index in [1.165, 1.54) is 167 Å². The normalized spacial score (nSPS) is 12.8. The van der Waals surface area contributed by atoms with E-state index in [2.05, 4.69) is 13.8 Å². The Balaban J connectivity index is 1.09. The summed E-state index contributed by atoms with van der Waals surface area (Å²) < 4.78 is 116. The zero-order chi connectivity index (χ0) is 77.7. The van der Waals surface area contributed by atoms with Gasteiger partial charge in [0.05, 0.1) is 0 Å². The van der Waals surface area contributed by atoms with E-state index in [-0.39, 0.29) is 17.6 Å². The second-order valence-corrected chi connectivity index (χ2v) is 39.5. The van der Waals surface area contributed by atoms with Crippen molar-refractivity contribution in [1.29, 1.82) is 0 Å². The molecule has 0 unspecified atom stereocenters. The predicted octanol–water partition coefficient (Wildman–Crippen LogP) is 26.4. The first-order valence-electron chi connectivity index (χ1n) is 41.5. The average molecular weight is 1540 g/mol. The molecule has 0 saturated heterocycles. The first-order valence-corrected chi connectivity index (χ1v) is 46.1. The molecule has 0 aliphatic heterocycles. The molecule has 588 valence electrons. The van der Waals surface area contributed by atoms with Crippen LogP contribution in [0.3, 0.4) is 0 Å². The zero-order valence-corrected chi connectivity index (χ0v) is 67.2. The van der Waals surface area contributed by atoms with Crippen LogP contribution in [0.1, 0.15) is 262 Å². The number of rotatable bonds is 52. The molecule has 0 N–H and O–H groups in total. The molecule has 0 fully saturated rings. The summed E-state index contributed by atoms with van der Waals surface area (Å²) in [4.78, 5) is 32.7. The SMILES string of the molecule is CCCCCCCCCCCCCCCCCCc1ccc(C(=O)CP(OB(Oc2cc(C(F)(F)F)cc(C(F)(F)F)c2)OP(CC(=O)c2ccc(CCCCCCCCCCCCCCCCCC)cc2)(c2ccccc2)(c2ccccc2)c2ccccc2)(c2ccccc2)(c2ccccc2)c2ccccc2)cc1. The fourth-order valence-electron chi connectivity index (χ4n) is 16.1. The van der Waals surface area contributed by atoms with E-state index < -0.39 is 62.5 Å². The van der Waals surface area contributed by atoms with E-state index >= 15 is 35.9 Å². The van der Waals surface area contributed by atoms with Gasteiger partial charge in [-0.2, -0.15) is 0 Å². The summed E-state index contributed by atoms with van der Waals surface area (Å²) in [5.74, 6) is -1.64. The maximum absolute atomic E-state index is 16.4. The molecular formula is C96H119BF6O5P2. The van der Waals surface area contributed by atoms with Crippen molar-refractivity contribution in [3.63, 3.8) is 0 Å². The van der Waals surface area contributed by atoms with Crippen LogP contribution in [0, 0.1) is 0 Å². The van der Waals surface area contributed by atoms with Crippen molar-refractivity contribution in [2.75, 3.05) is 12.3 Å². The number of ketones is 2. The van der Waals surface area contributed by atoms with Gasteiger partial charge in [-0.25, -0.2) is 0 Å². The predicted molar refractivity (Wildman–Crippen MR) is 453 cm³/mol. The van der Waals surface area contributed by atoms with Gasteiger partial charge in [-0.1, -0.05) is 155 Å². The van der Waals surface area contributed by atoms with Crippen LogP contribution in [-0.2, 0) is 34.1 Å². The second-order valence-electron chi connectivity index (χ2n) is 30.5. The molecule has 0 aliphatic carbocycles. The fraction of sp³-hybridized carbons (Fsp3) is 0.417. The Morgan fingerprint density at radius 3 is 0.727 bits per heavy atom. The Labute approximate surface area is 654 Å². The Bertz CT molecular complexity index is 3630. The summed E-state index contributed by atoms with van der Waals surface area (Å²) in [6, 6.07) is 71.1. The van der Waals surface area contributed by atoms with Gasteiger partial charge in [0.15, 0.2) is 0 Å². The number of alkyl halides is 6. The van der Waals surface area contributed by atoms with Crippen LogP contribution in [0.2, 0.25) is 0 Å². The second kappa shape index (κ2) is 44.1. The first-order chi connectivity index (χ1) is 53.5. The Kier molecular flexibility index (Phi) is 34.7. The van der Waals surface area contributed by atoms with Crippen molar-refractivity contribution in [3.8, 4) is 5.75 Å². The van der Waals surface area contributed by atoms with Crippen molar-refractivity contribution in [3.05, 3.63) is 282 Å². The summed E-state index contributed by atoms with van der Waals surface area (Å²) >= 11 is 0. The number of carbonyl (C=O) groups is 2. The molecule has 9 aromatic rings. The monoisotopic (exact) mass is 1540 g/mol. The molecule has 110 heavy (non-hydrogen) atoms. The van der Waals surface area contributed by atoms with Crippen molar-refractivity contribution < 1.29 is 49.5 Å². The van der Waals surface area contributed by atoms with Crippen LogP contribution in [-0.4, -0.2) is 31.2 Å². The topological polar surface area (TPSA) is 61.8 Å². The summed E-state index contributed by atoms with van der Waals surface area (Å²) in [6.07, 6.45) is 30.8. The standard InChI is InChI=1S/C96H119BF6O5P2/c1-3-5-7-9-11-13-15-17-19-21-23-25-27-29-31-39-53-80-67-71-82(72-68-80)93(104)78-109(87-55-41-33-42-56-87,88-57-43-34-44-58-88,89-59-45-35-46-60-89)107-97(106-86-76-84(95(98,99)100)75-85(77-86)96(101,102)103)108-110(90-61-47-36-48-62-90,91-63-49-37-50-64-91,92-65-51-38-52-66-92)79-94(105)83-73-69-81(70-74-83)54-40-32-30-28-26-24-22-20-18-16-14-12-10-8-6-4-2/h33-38,41-52,55-77H,3-32,39-40,53-54,78-79H2,1-2H3. The minimum atomic E-state index is -5.36. The van der Waals surface area contributed by atoms with E-state index in [9.17, 15) is 0 Å². The number of Topliss-reactive ketones (excluding diaryl/α,β-unsaturated/α-hetero) is 2. The van der Waals surface area contributed by atoms with Gasteiger partial charge in [0.2, 0.25) is 0 Å². The molecule has 5 nitrogen and oxygen atoms in total. The van der Waals surface area contributed by atoms with Gasteiger partial charge in [0, 0.05) is 0 Å². The van der Waals surface area contributed by atoms with Crippen LogP contribution in [0.25, 0.3) is 0 Å². The van der Waals surface area contributed by atoms with Gasteiger partial charge in [-0.3, -0.25) is 0 Å². The van der Waals surface area contributed by atoms with Gasteiger partial charge in [-0.05, 0) is 0 Å². The van der Waals surface area contributed by atoms with Gasteiger partial charge in [0.1, 0.15) is 0 Å². The number of benzene rings is 9. The minimum absolute atomic E-state index is 0.0510. The summed E-state index contributed by atoms with van der Waals surface area (Å²) in [6.45, 7) is -6.21. The molecular weight excluding hydrogens is 1420 g/mol. The zero-order valence-electron chi connectivity index (χ0n) is 65.4. The molecule has 0 aromatic heterocycles. The number of hydrogen-bond acceptors (Lipinski definition) is 5. The molecule has 0 atom stereocenters. The average Bonchev–Trinajstić information content (AvgIpc) is 0.684. The fourth-order valence-corrected chi connectivity index (χ4v) is 27.1. The number of hydrogen-bond donors (Lipinski definition) is 0. The van der Waals surface area contributed by atoms with E-state index in [0.717, 1.165) is 62.5 Å². The molecule has 0 radical (unpaired) electrons. The van der Waals surface area contributed by atoms with E-state index in [1.54, 1.807) is 0 Å². The Hall–Kier alpha value is -7.46. The van der Waals surface area contributed by atoms with Crippen LogP contribution in [0.4, 0.5) is 26.3 Å². The first kappa shape index (κ1) is 86.5. The van der Waals surface area contributed by atoms with Crippen LogP contribution in [0.5, 0.6) is 5.75 Å². The van der Waals surface area contributed by atoms with E-state index in [0.29, 0.717) is 55.1 Å². The van der Waals surface area contributed by atoms with Gasteiger partial charge >= 0.3 is 503 Å². The summed E-state index contributed by atoms with van der Waals surface area (Å²) in [7, 11) is -2.37. The van der Waals surface area contributed by atoms with Gasteiger partial charge in [-0.15, -0.1) is 0 Å². The van der Waals surface area contributed by atoms with E-state index in [1.807, 2.05) is 231 Å². The molecule has 0 bridgehead atoms. The Morgan fingerprint density at radius 2 is 0.509 bits per heavy atom. The molecule has 0 amide bonds. The molecule has 9 rings (SSSR count). The molecule has 9 aromatic carbocycles. The third-order valence-corrected chi connectivity index (χ3v) is 33.7. The third kappa shape index (κ3) is 23.8. The van der Waals surface area contributed by atoms with Gasteiger partial charge < -0.3 is 0 Å². The number of carbonyl (C=O) groups excluding carboxylic acids is 2. The van der Waals surface area contributed by atoms with Gasteiger partial charge in [0.25, 0.3) is 0 Å². The maximum atomic E-state index is 16.4. The molecule has 14 heteroatoms. The van der Waals surface area contributed by atoms with Crippen LogP contribution >= 0.6 is 13.7 Å². The molecule has 0 spiro atoms. The molecule has 0 aliphatic rings. The summed E-state index contributed by atoms with van der Waals surface area (Å²) in [5, 5.41) is 2.82. The number of unbranched alkanes of at least 4 members (excludes halogenated alkanes) is 30. The third-order valence-electron chi connectivity index (χ3n) is 22.3. The quantitative estimate of drug-likeness (QED) is 0.0125. The van der Waals surface area contributed by atoms with E-state index in [4.69, 9.17) is 13.5 Å². The number of aryl methyl sites for hydroxylation is 2. The van der Waals surface area contributed by atoms with Crippen molar-refractivity contribution >= 4 is 64.4 Å². The van der Waals surface area contributed by atoms with Crippen molar-refractivity contribution in [2.24, 2.45) is 0 Å². The van der Waals surface area contributed by atoms with Crippen molar-refractivity contribution in [2.45, 2.75) is 245 Å². The van der Waals surface area contributed by atoms with Crippen molar-refractivity contribution in [1.82, 2.24) is 0 Å². The van der Waals surface area contributed by atoms with Crippen LogP contribution in [0.15, 0.2) is 249 Å². The Morgan fingerprint density at radius 1 is 0.291 bits per heavy atom. The van der Waals surface area contributed by atoms with Crippen LogP contribution < -0.4 is 36.5 Å².